The van der Waals surface area contributed by atoms with Crippen LogP contribution in [0, 0.1) is 0 Å². The quantitative estimate of drug-likeness (QED) is 0.862. The van der Waals surface area contributed by atoms with Crippen molar-refractivity contribution in [1.82, 2.24) is 9.97 Å². The second-order valence-corrected chi connectivity index (χ2v) is 5.13. The standard InChI is InChI=1S/C13H11N3O2S/c1-8(18)16-10-6-9(7-17)2-3-11(10)19-13-12(16)14-4-5-15-13/h2-6,17H,7H2,1H3. The van der Waals surface area contributed by atoms with E-state index < -0.39 is 0 Å². The Kier molecular flexibility index (Phi) is 2.96. The van der Waals surface area contributed by atoms with Crippen molar-refractivity contribution in [3.8, 4) is 0 Å². The number of carbonyl (C=O) groups is 1. The molecule has 0 aliphatic carbocycles. The number of nitrogens with zero attached hydrogens (tertiary/aromatic N) is 3. The predicted molar refractivity (Wildman–Crippen MR) is 71.3 cm³/mol. The lowest BCUT2D eigenvalue weighted by Crippen LogP contribution is -2.27. The summed E-state index contributed by atoms with van der Waals surface area (Å²) in [4.78, 5) is 22.9. The number of rotatable bonds is 1. The third-order valence-electron chi connectivity index (χ3n) is 2.83. The fraction of sp³-hybridized carbons (Fsp3) is 0.154. The van der Waals surface area contributed by atoms with Crippen LogP contribution in [-0.2, 0) is 11.4 Å². The van der Waals surface area contributed by atoms with E-state index in [1.54, 1.807) is 18.5 Å². The molecule has 1 amide bonds. The van der Waals surface area contributed by atoms with Gasteiger partial charge in [-0.05, 0) is 17.7 Å². The summed E-state index contributed by atoms with van der Waals surface area (Å²) in [5.74, 6) is 0.418. The van der Waals surface area contributed by atoms with Gasteiger partial charge in [-0.1, -0.05) is 17.8 Å². The predicted octanol–water partition coefficient (Wildman–Crippen LogP) is 2.12. The van der Waals surface area contributed by atoms with E-state index in [2.05, 4.69) is 9.97 Å². The highest BCUT2D eigenvalue weighted by molar-refractivity contribution is 7.99. The average molecular weight is 273 g/mol. The Morgan fingerprint density at radius 3 is 2.89 bits per heavy atom. The maximum atomic E-state index is 11.9. The molecule has 0 saturated heterocycles. The molecule has 0 bridgehead atoms. The Balaban J connectivity index is 2.21. The number of benzene rings is 1. The van der Waals surface area contributed by atoms with E-state index in [0.29, 0.717) is 10.8 Å². The van der Waals surface area contributed by atoms with Crippen LogP contribution in [0.15, 0.2) is 40.5 Å². The molecule has 1 aromatic heterocycles. The molecule has 96 valence electrons. The van der Waals surface area contributed by atoms with Gasteiger partial charge in [-0.3, -0.25) is 9.69 Å². The Morgan fingerprint density at radius 2 is 2.16 bits per heavy atom. The fourth-order valence-corrected chi connectivity index (χ4v) is 2.95. The number of aliphatic hydroxyl groups is 1. The zero-order valence-corrected chi connectivity index (χ0v) is 11.0. The van der Waals surface area contributed by atoms with Gasteiger partial charge in [0.15, 0.2) is 5.82 Å². The summed E-state index contributed by atoms with van der Waals surface area (Å²) >= 11 is 1.47. The van der Waals surface area contributed by atoms with Crippen molar-refractivity contribution in [3.63, 3.8) is 0 Å². The van der Waals surface area contributed by atoms with Crippen LogP contribution in [0.1, 0.15) is 12.5 Å². The van der Waals surface area contributed by atoms with E-state index in [1.165, 1.54) is 23.6 Å². The minimum absolute atomic E-state index is 0.0585. The minimum atomic E-state index is -0.126. The van der Waals surface area contributed by atoms with E-state index in [4.69, 9.17) is 0 Å². The normalized spacial score (nSPS) is 12.8. The lowest BCUT2D eigenvalue weighted by molar-refractivity contribution is -0.115. The van der Waals surface area contributed by atoms with Crippen LogP contribution in [-0.4, -0.2) is 21.0 Å². The summed E-state index contributed by atoms with van der Waals surface area (Å²) in [6.07, 6.45) is 3.17. The smallest absolute Gasteiger partial charge is 0.229 e. The van der Waals surface area contributed by atoms with Crippen LogP contribution in [0.3, 0.4) is 0 Å². The van der Waals surface area contributed by atoms with Gasteiger partial charge >= 0.3 is 0 Å². The molecule has 1 aliphatic rings. The molecule has 2 aromatic rings. The Hall–Kier alpha value is -1.92. The highest BCUT2D eigenvalue weighted by atomic mass is 32.2. The van der Waals surface area contributed by atoms with Crippen LogP contribution >= 0.6 is 11.8 Å². The molecule has 5 nitrogen and oxygen atoms in total. The van der Waals surface area contributed by atoms with E-state index >= 15 is 0 Å². The van der Waals surface area contributed by atoms with Crippen molar-refractivity contribution >= 4 is 29.2 Å². The van der Waals surface area contributed by atoms with Gasteiger partial charge in [0.25, 0.3) is 0 Å². The third kappa shape index (κ3) is 1.98. The average Bonchev–Trinajstić information content (AvgIpc) is 2.43. The fourth-order valence-electron chi connectivity index (χ4n) is 2.00. The monoisotopic (exact) mass is 273 g/mol. The number of hydrogen-bond donors (Lipinski definition) is 1. The molecule has 0 spiro atoms. The highest BCUT2D eigenvalue weighted by Gasteiger charge is 2.28. The Labute approximate surface area is 114 Å². The zero-order chi connectivity index (χ0) is 13.4. The number of anilines is 2. The molecular formula is C13H11N3O2S. The van der Waals surface area contributed by atoms with Gasteiger partial charge in [0.05, 0.1) is 12.3 Å². The second-order valence-electron chi connectivity index (χ2n) is 4.10. The van der Waals surface area contributed by atoms with E-state index in [0.717, 1.165) is 16.1 Å². The molecule has 2 heterocycles. The van der Waals surface area contributed by atoms with Gasteiger partial charge < -0.3 is 5.11 Å². The first-order valence-corrected chi connectivity index (χ1v) is 6.55. The van der Waals surface area contributed by atoms with Crippen molar-refractivity contribution < 1.29 is 9.90 Å². The SMILES string of the molecule is CC(=O)N1c2cc(CO)ccc2Sc2nccnc21. The molecule has 1 aliphatic heterocycles. The summed E-state index contributed by atoms with van der Waals surface area (Å²) in [6.45, 7) is 1.43. The van der Waals surface area contributed by atoms with Gasteiger partial charge in [-0.25, -0.2) is 9.97 Å². The third-order valence-corrected chi connectivity index (χ3v) is 3.87. The van der Waals surface area contributed by atoms with Crippen LogP contribution in [0.4, 0.5) is 11.5 Å². The summed E-state index contributed by atoms with van der Waals surface area (Å²) < 4.78 is 0. The summed E-state index contributed by atoms with van der Waals surface area (Å²) in [6, 6.07) is 5.53. The number of amides is 1. The van der Waals surface area contributed by atoms with E-state index in [-0.39, 0.29) is 12.5 Å². The first-order chi connectivity index (χ1) is 9.20. The van der Waals surface area contributed by atoms with Crippen LogP contribution in [0.2, 0.25) is 0 Å². The molecule has 0 unspecified atom stereocenters. The molecule has 1 N–H and O–H groups in total. The number of fused-ring (bicyclic) bond motifs is 2. The topological polar surface area (TPSA) is 66.3 Å². The molecule has 19 heavy (non-hydrogen) atoms. The lowest BCUT2D eigenvalue weighted by Gasteiger charge is -2.28. The van der Waals surface area contributed by atoms with Gasteiger partial charge in [-0.15, -0.1) is 0 Å². The maximum absolute atomic E-state index is 11.9. The highest BCUT2D eigenvalue weighted by Crippen LogP contribution is 2.46. The number of carbonyl (C=O) groups excluding carboxylic acids is 1. The Bertz CT molecular complexity index is 660. The molecule has 0 radical (unpaired) electrons. The first-order valence-electron chi connectivity index (χ1n) is 5.74. The van der Waals surface area contributed by atoms with Crippen LogP contribution < -0.4 is 4.90 Å². The first kappa shape index (κ1) is 12.1. The number of hydrogen-bond acceptors (Lipinski definition) is 5. The van der Waals surface area contributed by atoms with Gasteiger partial charge in [0, 0.05) is 24.2 Å². The van der Waals surface area contributed by atoms with Gasteiger partial charge in [-0.2, -0.15) is 0 Å². The maximum Gasteiger partial charge on any atom is 0.229 e. The molecule has 0 atom stereocenters. The van der Waals surface area contributed by atoms with Crippen molar-refractivity contribution in [2.24, 2.45) is 0 Å². The largest absolute Gasteiger partial charge is 0.392 e. The summed E-state index contributed by atoms with van der Waals surface area (Å²) in [5.41, 5.74) is 1.51. The number of aliphatic hydroxyl groups excluding tert-OH is 1. The zero-order valence-electron chi connectivity index (χ0n) is 10.2. The molecular weight excluding hydrogens is 262 g/mol. The van der Waals surface area contributed by atoms with Gasteiger partial charge in [0.1, 0.15) is 5.03 Å². The van der Waals surface area contributed by atoms with Crippen LogP contribution in [0.25, 0.3) is 0 Å². The van der Waals surface area contributed by atoms with Crippen molar-refractivity contribution in [3.05, 3.63) is 36.2 Å². The molecule has 1 aromatic carbocycles. The Morgan fingerprint density at radius 1 is 1.37 bits per heavy atom. The van der Waals surface area contributed by atoms with Crippen molar-refractivity contribution in [2.45, 2.75) is 23.5 Å². The van der Waals surface area contributed by atoms with E-state index in [1.807, 2.05) is 12.1 Å². The molecule has 6 heteroatoms. The van der Waals surface area contributed by atoms with Crippen molar-refractivity contribution in [1.29, 1.82) is 0 Å². The lowest BCUT2D eigenvalue weighted by atomic mass is 10.2. The molecule has 0 fully saturated rings. The van der Waals surface area contributed by atoms with E-state index in [9.17, 15) is 9.90 Å². The summed E-state index contributed by atoms with van der Waals surface area (Å²) in [5, 5.41) is 9.93. The van der Waals surface area contributed by atoms with Crippen molar-refractivity contribution in [2.75, 3.05) is 4.90 Å². The number of aromatic nitrogens is 2. The molecule has 0 saturated carbocycles. The summed E-state index contributed by atoms with van der Waals surface area (Å²) in [7, 11) is 0. The second kappa shape index (κ2) is 4.64. The van der Waals surface area contributed by atoms with Crippen LogP contribution in [0.5, 0.6) is 0 Å². The minimum Gasteiger partial charge on any atom is -0.392 e. The van der Waals surface area contributed by atoms with Gasteiger partial charge in [0.2, 0.25) is 5.91 Å². The molecule has 3 rings (SSSR count).